The minimum atomic E-state index is 0.565. The standard InChI is InChI=1S/C21H15N2/c1-4-10-16(11-5-1)19-21-20(17-12-6-2-7-13-17)23(21,22-19)18-14-8-3-9-15-18/h1-15H/q+1. The summed E-state index contributed by atoms with van der Waals surface area (Å²) in [4.78, 5) is 0. The number of quaternary nitrogens is 1. The van der Waals surface area contributed by atoms with Crippen molar-refractivity contribution >= 4 is 17.1 Å². The summed E-state index contributed by atoms with van der Waals surface area (Å²) >= 11 is 0. The number of benzene rings is 3. The van der Waals surface area contributed by atoms with E-state index in [-0.39, 0.29) is 0 Å². The van der Waals surface area contributed by atoms with E-state index in [1.807, 2.05) is 6.07 Å². The monoisotopic (exact) mass is 295 g/mol. The predicted molar refractivity (Wildman–Crippen MR) is 94.6 cm³/mol. The number of allylic oxidation sites excluding steroid dienone is 1. The van der Waals surface area contributed by atoms with Crippen molar-refractivity contribution in [2.24, 2.45) is 5.10 Å². The van der Waals surface area contributed by atoms with Gasteiger partial charge >= 0.3 is 0 Å². The first kappa shape index (κ1) is 12.6. The Morgan fingerprint density at radius 1 is 0.522 bits per heavy atom. The van der Waals surface area contributed by atoms with Crippen LogP contribution >= 0.6 is 0 Å². The van der Waals surface area contributed by atoms with Gasteiger partial charge in [-0.1, -0.05) is 76.4 Å². The van der Waals surface area contributed by atoms with Gasteiger partial charge < -0.3 is 0 Å². The molecule has 0 aliphatic carbocycles. The van der Waals surface area contributed by atoms with Crippen molar-refractivity contribution in [1.82, 2.24) is 4.59 Å². The first-order chi connectivity index (χ1) is 11.4. The molecule has 1 unspecified atom stereocenters. The molecule has 1 atom stereocenters. The lowest BCUT2D eigenvalue weighted by Gasteiger charge is -2.22. The van der Waals surface area contributed by atoms with Gasteiger partial charge in [0.1, 0.15) is 0 Å². The van der Waals surface area contributed by atoms with E-state index in [9.17, 15) is 0 Å². The van der Waals surface area contributed by atoms with E-state index < -0.39 is 0 Å². The lowest BCUT2D eigenvalue weighted by atomic mass is 10.1. The SMILES string of the molecule is c1ccc(C2=N[N+]3(c4ccccc4)C2=C3c2ccccc2)cc1. The molecule has 0 amide bonds. The minimum absolute atomic E-state index is 0.565. The first-order valence-electron chi connectivity index (χ1n) is 7.83. The summed E-state index contributed by atoms with van der Waals surface area (Å²) in [6.45, 7) is 0. The van der Waals surface area contributed by atoms with Crippen LogP contribution in [0.15, 0.2) is 102 Å². The summed E-state index contributed by atoms with van der Waals surface area (Å²) in [5.41, 5.74) is 7.40. The Hall–Kier alpha value is -2.97. The molecule has 0 fully saturated rings. The van der Waals surface area contributed by atoms with Crippen LogP contribution in [0.2, 0.25) is 0 Å². The molecule has 0 aromatic heterocycles. The Morgan fingerprint density at radius 2 is 1.04 bits per heavy atom. The molecule has 0 bridgehead atoms. The molecule has 2 heterocycles. The van der Waals surface area contributed by atoms with Crippen LogP contribution in [0.3, 0.4) is 0 Å². The fourth-order valence-electron chi connectivity index (χ4n) is 3.42. The van der Waals surface area contributed by atoms with Gasteiger partial charge in [-0.15, -0.1) is 0 Å². The minimum Gasteiger partial charge on any atom is -0.0872 e. The molecule has 0 N–H and O–H groups in total. The lowest BCUT2D eigenvalue weighted by molar-refractivity contribution is 0.591. The summed E-state index contributed by atoms with van der Waals surface area (Å²) in [5.74, 6) is 0. The van der Waals surface area contributed by atoms with E-state index in [0.717, 1.165) is 5.71 Å². The van der Waals surface area contributed by atoms with Crippen molar-refractivity contribution in [1.29, 1.82) is 0 Å². The number of fused-ring (bicyclic) bond motifs is 1. The highest BCUT2D eigenvalue weighted by Gasteiger charge is 2.70. The Balaban J connectivity index is 1.66. The molecule has 5 rings (SSSR count). The average Bonchev–Trinajstić information content (AvgIpc) is 3.17. The van der Waals surface area contributed by atoms with Crippen molar-refractivity contribution in [3.63, 3.8) is 0 Å². The van der Waals surface area contributed by atoms with Crippen LogP contribution in [-0.2, 0) is 0 Å². The van der Waals surface area contributed by atoms with Crippen molar-refractivity contribution in [2.75, 3.05) is 0 Å². The molecular weight excluding hydrogens is 280 g/mol. The zero-order chi connectivity index (χ0) is 15.3. The van der Waals surface area contributed by atoms with Crippen molar-refractivity contribution in [3.05, 3.63) is 108 Å². The summed E-state index contributed by atoms with van der Waals surface area (Å²) in [6, 6.07) is 31.5. The van der Waals surface area contributed by atoms with Crippen LogP contribution in [0.4, 0.5) is 5.69 Å². The quantitative estimate of drug-likeness (QED) is 0.616. The zero-order valence-electron chi connectivity index (χ0n) is 12.6. The number of rotatable bonds is 3. The normalized spacial score (nSPS) is 21.3. The lowest BCUT2D eigenvalue weighted by Crippen LogP contribution is -2.35. The predicted octanol–water partition coefficient (Wildman–Crippen LogP) is 4.79. The Labute approximate surface area is 135 Å². The summed E-state index contributed by atoms with van der Waals surface area (Å²) < 4.78 is 0.565. The summed E-state index contributed by atoms with van der Waals surface area (Å²) in [5, 5.41) is 5.01. The maximum atomic E-state index is 5.01. The van der Waals surface area contributed by atoms with Crippen molar-refractivity contribution < 1.29 is 0 Å². The third kappa shape index (κ3) is 1.64. The first-order valence-corrected chi connectivity index (χ1v) is 7.83. The van der Waals surface area contributed by atoms with E-state index in [4.69, 9.17) is 5.10 Å². The third-order valence-corrected chi connectivity index (χ3v) is 4.52. The van der Waals surface area contributed by atoms with Crippen molar-refractivity contribution in [3.8, 4) is 0 Å². The van der Waals surface area contributed by atoms with Gasteiger partial charge in [-0.2, -0.15) is 0 Å². The molecule has 0 spiro atoms. The number of hydrogen-bond donors (Lipinski definition) is 0. The molecule has 0 saturated carbocycles. The number of hydrogen-bond acceptors (Lipinski definition) is 1. The van der Waals surface area contributed by atoms with E-state index in [0.29, 0.717) is 4.59 Å². The van der Waals surface area contributed by atoms with Crippen LogP contribution in [-0.4, -0.2) is 5.71 Å². The van der Waals surface area contributed by atoms with Gasteiger partial charge in [-0.25, -0.2) is 0 Å². The van der Waals surface area contributed by atoms with Gasteiger partial charge in [0.15, 0.2) is 11.4 Å². The molecule has 2 heteroatoms. The van der Waals surface area contributed by atoms with Gasteiger partial charge in [-0.05, 0) is 12.1 Å². The fraction of sp³-hybridized carbons (Fsp3) is 0. The van der Waals surface area contributed by atoms with E-state index >= 15 is 0 Å². The van der Waals surface area contributed by atoms with Crippen molar-refractivity contribution in [2.45, 2.75) is 0 Å². The molecule has 3 aromatic rings. The molecule has 0 saturated heterocycles. The molecule has 0 radical (unpaired) electrons. The van der Waals surface area contributed by atoms with E-state index in [1.54, 1.807) is 0 Å². The van der Waals surface area contributed by atoms with Gasteiger partial charge in [0.05, 0.1) is 0 Å². The maximum Gasteiger partial charge on any atom is 0.267 e. The largest absolute Gasteiger partial charge is 0.267 e. The van der Waals surface area contributed by atoms with Gasteiger partial charge in [0, 0.05) is 23.3 Å². The molecule has 23 heavy (non-hydrogen) atoms. The molecular formula is C21H15N2+. The summed E-state index contributed by atoms with van der Waals surface area (Å²) in [6.07, 6.45) is 0. The van der Waals surface area contributed by atoms with Gasteiger partial charge in [0.25, 0.3) is 5.70 Å². The highest BCUT2D eigenvalue weighted by Crippen LogP contribution is 2.61. The van der Waals surface area contributed by atoms with Crippen LogP contribution in [0.5, 0.6) is 0 Å². The molecule has 108 valence electrons. The summed E-state index contributed by atoms with van der Waals surface area (Å²) in [7, 11) is 0. The van der Waals surface area contributed by atoms with Gasteiger partial charge in [0.2, 0.25) is 5.70 Å². The smallest absolute Gasteiger partial charge is 0.0872 e. The Kier molecular flexibility index (Phi) is 2.46. The Morgan fingerprint density at radius 3 is 1.65 bits per heavy atom. The number of nitrogens with zero attached hydrogens (tertiary/aromatic N) is 2. The highest BCUT2D eigenvalue weighted by atomic mass is 15.8. The van der Waals surface area contributed by atoms with Crippen LogP contribution in [0, 0.1) is 0 Å². The second-order valence-corrected chi connectivity index (χ2v) is 5.85. The molecule has 2 aliphatic heterocycles. The third-order valence-electron chi connectivity index (χ3n) is 4.52. The maximum absolute atomic E-state index is 5.01. The molecule has 3 aromatic carbocycles. The second kappa shape index (κ2) is 4.51. The highest BCUT2D eigenvalue weighted by molar-refractivity contribution is 6.31. The average molecular weight is 295 g/mol. The van der Waals surface area contributed by atoms with Crippen LogP contribution in [0.1, 0.15) is 11.1 Å². The number of para-hydroxylation sites is 1. The second-order valence-electron chi connectivity index (χ2n) is 5.85. The van der Waals surface area contributed by atoms with E-state index in [2.05, 4.69) is 84.9 Å². The fourth-order valence-corrected chi connectivity index (χ4v) is 3.42. The van der Waals surface area contributed by atoms with E-state index in [1.165, 1.54) is 28.2 Å². The van der Waals surface area contributed by atoms with Crippen LogP contribution < -0.4 is 4.59 Å². The molecule has 2 nitrogen and oxygen atoms in total. The Bertz CT molecular complexity index is 941. The topological polar surface area (TPSA) is 12.4 Å². The molecule has 2 aliphatic rings. The zero-order valence-corrected chi connectivity index (χ0v) is 12.6. The van der Waals surface area contributed by atoms with Crippen LogP contribution in [0.25, 0.3) is 5.70 Å². The van der Waals surface area contributed by atoms with Gasteiger partial charge in [-0.3, -0.25) is 0 Å².